The number of nitrogens with zero attached hydrogens (tertiary/aromatic N) is 1. The van der Waals surface area contributed by atoms with Gasteiger partial charge in [-0.3, -0.25) is 4.79 Å². The number of urea groups is 1. The van der Waals surface area contributed by atoms with Crippen molar-refractivity contribution in [1.29, 1.82) is 0 Å². The second-order valence-corrected chi connectivity index (χ2v) is 6.56. The van der Waals surface area contributed by atoms with Crippen LogP contribution in [0.2, 0.25) is 0 Å². The highest BCUT2D eigenvalue weighted by atomic mass is 19.1. The summed E-state index contributed by atoms with van der Waals surface area (Å²) in [7, 11) is 0. The molecule has 1 saturated heterocycles. The lowest BCUT2D eigenvalue weighted by Crippen LogP contribution is -2.47. The van der Waals surface area contributed by atoms with Crippen molar-refractivity contribution < 1.29 is 18.7 Å². The Hall–Kier alpha value is -2.93. The van der Waals surface area contributed by atoms with Gasteiger partial charge in [-0.25, -0.2) is 9.18 Å². The maximum absolute atomic E-state index is 13.8. The van der Waals surface area contributed by atoms with Gasteiger partial charge < -0.3 is 20.3 Å². The number of benzene rings is 2. The first kappa shape index (κ1) is 18.8. The Bertz CT molecular complexity index is 828. The third-order valence-corrected chi connectivity index (χ3v) is 4.25. The van der Waals surface area contributed by atoms with Crippen molar-refractivity contribution in [3.63, 3.8) is 0 Å². The van der Waals surface area contributed by atoms with Crippen LogP contribution in [-0.4, -0.2) is 36.0 Å². The third kappa shape index (κ3) is 4.83. The molecular formula is C20H22FN3O3. The smallest absolute Gasteiger partial charge is 0.322 e. The molecular weight excluding hydrogens is 349 g/mol. The molecule has 142 valence electrons. The third-order valence-electron chi connectivity index (χ3n) is 4.25. The van der Waals surface area contributed by atoms with Crippen LogP contribution in [0.25, 0.3) is 0 Å². The van der Waals surface area contributed by atoms with Crippen LogP contribution in [-0.2, 0) is 9.53 Å². The minimum atomic E-state index is -0.563. The summed E-state index contributed by atoms with van der Waals surface area (Å²) >= 11 is 0. The summed E-state index contributed by atoms with van der Waals surface area (Å²) in [6.07, 6.45) is -0.318. The summed E-state index contributed by atoms with van der Waals surface area (Å²) in [4.78, 5) is 25.5. The summed E-state index contributed by atoms with van der Waals surface area (Å²) in [5.41, 5.74) is 1.44. The number of nitrogens with one attached hydrogen (secondary N) is 2. The molecule has 7 heteroatoms. The number of morpholine rings is 1. The number of hydrogen-bond donors (Lipinski definition) is 2. The SMILES string of the molecule is CC(=O)Nc1cc(NC(=O)N2CC(C)OC(c3ccccc3)C2)ccc1F. The second kappa shape index (κ2) is 8.18. The van der Waals surface area contributed by atoms with E-state index >= 15 is 0 Å². The van der Waals surface area contributed by atoms with Crippen LogP contribution in [0.15, 0.2) is 48.5 Å². The van der Waals surface area contributed by atoms with Gasteiger partial charge in [-0.2, -0.15) is 0 Å². The van der Waals surface area contributed by atoms with Crippen molar-refractivity contribution in [1.82, 2.24) is 4.90 Å². The zero-order valence-corrected chi connectivity index (χ0v) is 15.2. The predicted molar refractivity (Wildman–Crippen MR) is 101 cm³/mol. The molecule has 0 bridgehead atoms. The van der Waals surface area contributed by atoms with Crippen LogP contribution in [0.5, 0.6) is 0 Å². The van der Waals surface area contributed by atoms with Crippen molar-refractivity contribution in [2.45, 2.75) is 26.1 Å². The van der Waals surface area contributed by atoms with Gasteiger partial charge in [0, 0.05) is 19.2 Å². The molecule has 1 fully saturated rings. The average molecular weight is 371 g/mol. The van der Waals surface area contributed by atoms with Crippen LogP contribution in [0.3, 0.4) is 0 Å². The van der Waals surface area contributed by atoms with E-state index in [-0.39, 0.29) is 29.8 Å². The molecule has 2 aromatic rings. The number of amides is 3. The highest BCUT2D eigenvalue weighted by Crippen LogP contribution is 2.26. The molecule has 0 radical (unpaired) electrons. The molecule has 27 heavy (non-hydrogen) atoms. The van der Waals surface area contributed by atoms with Crippen LogP contribution in [0.1, 0.15) is 25.5 Å². The molecule has 2 N–H and O–H groups in total. The maximum Gasteiger partial charge on any atom is 0.322 e. The molecule has 0 saturated carbocycles. The van der Waals surface area contributed by atoms with E-state index in [0.29, 0.717) is 18.8 Å². The number of hydrogen-bond acceptors (Lipinski definition) is 3. The fourth-order valence-electron chi connectivity index (χ4n) is 3.06. The topological polar surface area (TPSA) is 70.7 Å². The molecule has 2 atom stereocenters. The molecule has 3 rings (SSSR count). The molecule has 0 aliphatic carbocycles. The number of ether oxygens (including phenoxy) is 1. The van der Waals surface area contributed by atoms with Crippen molar-refractivity contribution in [3.05, 3.63) is 59.9 Å². The lowest BCUT2D eigenvalue weighted by atomic mass is 10.1. The van der Waals surface area contributed by atoms with Gasteiger partial charge in [0.2, 0.25) is 5.91 Å². The lowest BCUT2D eigenvalue weighted by molar-refractivity contribution is -0.114. The molecule has 6 nitrogen and oxygen atoms in total. The van der Waals surface area contributed by atoms with Crippen LogP contribution in [0.4, 0.5) is 20.6 Å². The molecule has 3 amide bonds. The van der Waals surface area contributed by atoms with Crippen molar-refractivity contribution in [3.8, 4) is 0 Å². The molecule has 1 aliphatic rings. The molecule has 1 aliphatic heterocycles. The molecule has 0 aromatic heterocycles. The summed E-state index contributed by atoms with van der Waals surface area (Å²) in [5.74, 6) is -0.947. The first-order valence-electron chi connectivity index (χ1n) is 8.76. The number of rotatable bonds is 3. The predicted octanol–water partition coefficient (Wildman–Crippen LogP) is 3.78. The Balaban J connectivity index is 1.71. The number of carbonyl (C=O) groups excluding carboxylic acids is 2. The fraction of sp³-hybridized carbons (Fsp3) is 0.300. The van der Waals surface area contributed by atoms with Crippen LogP contribution >= 0.6 is 0 Å². The lowest BCUT2D eigenvalue weighted by Gasteiger charge is -2.37. The first-order chi connectivity index (χ1) is 12.9. The average Bonchev–Trinajstić information content (AvgIpc) is 2.64. The Labute approximate surface area is 157 Å². The highest BCUT2D eigenvalue weighted by molar-refractivity contribution is 5.92. The van der Waals surface area contributed by atoms with Gasteiger partial charge in [-0.15, -0.1) is 0 Å². The monoisotopic (exact) mass is 371 g/mol. The van der Waals surface area contributed by atoms with Gasteiger partial charge in [0.1, 0.15) is 11.9 Å². The van der Waals surface area contributed by atoms with Crippen molar-refractivity contribution >= 4 is 23.3 Å². The molecule has 0 spiro atoms. The van der Waals surface area contributed by atoms with Gasteiger partial charge in [0.05, 0.1) is 18.3 Å². The molecule has 2 unspecified atom stereocenters. The molecule has 2 aromatic carbocycles. The van der Waals surface area contributed by atoms with E-state index in [1.54, 1.807) is 4.90 Å². The zero-order chi connectivity index (χ0) is 19.4. The first-order valence-corrected chi connectivity index (χ1v) is 8.76. The van der Waals surface area contributed by atoms with Gasteiger partial charge >= 0.3 is 6.03 Å². The van der Waals surface area contributed by atoms with E-state index < -0.39 is 5.82 Å². The summed E-state index contributed by atoms with van der Waals surface area (Å²) in [6, 6.07) is 13.5. The Morgan fingerprint density at radius 2 is 1.85 bits per heavy atom. The normalized spacial score (nSPS) is 19.4. The quantitative estimate of drug-likeness (QED) is 0.863. The fourth-order valence-corrected chi connectivity index (χ4v) is 3.06. The Morgan fingerprint density at radius 3 is 2.56 bits per heavy atom. The zero-order valence-electron chi connectivity index (χ0n) is 15.2. The molecule has 1 heterocycles. The second-order valence-electron chi connectivity index (χ2n) is 6.56. The standard InChI is InChI=1S/C20H22FN3O3/c1-13-11-24(12-19(27-13)15-6-4-3-5-7-15)20(26)23-16-8-9-17(21)18(10-16)22-14(2)25/h3-10,13,19H,11-12H2,1-2H3,(H,22,25)(H,23,26). The van der Waals surface area contributed by atoms with Gasteiger partial charge in [0.15, 0.2) is 0 Å². The van der Waals surface area contributed by atoms with E-state index in [1.807, 2.05) is 37.3 Å². The minimum absolute atomic E-state index is 0.0257. The summed E-state index contributed by atoms with van der Waals surface area (Å²) < 4.78 is 19.7. The van der Waals surface area contributed by atoms with E-state index in [0.717, 1.165) is 5.56 Å². The van der Waals surface area contributed by atoms with E-state index in [2.05, 4.69) is 10.6 Å². The van der Waals surface area contributed by atoms with Gasteiger partial charge in [-0.1, -0.05) is 30.3 Å². The number of anilines is 2. The van der Waals surface area contributed by atoms with Crippen LogP contribution in [0, 0.1) is 5.82 Å². The largest absolute Gasteiger partial charge is 0.367 e. The van der Waals surface area contributed by atoms with Crippen molar-refractivity contribution in [2.75, 3.05) is 23.7 Å². The number of halogens is 1. The number of carbonyl (C=O) groups is 2. The maximum atomic E-state index is 13.8. The summed E-state index contributed by atoms with van der Waals surface area (Å²) in [6.45, 7) is 4.08. The Kier molecular flexibility index (Phi) is 5.71. The van der Waals surface area contributed by atoms with Gasteiger partial charge in [0.25, 0.3) is 0 Å². The van der Waals surface area contributed by atoms with Gasteiger partial charge in [-0.05, 0) is 30.7 Å². The Morgan fingerprint density at radius 1 is 1.11 bits per heavy atom. The van der Waals surface area contributed by atoms with E-state index in [4.69, 9.17) is 4.74 Å². The highest BCUT2D eigenvalue weighted by Gasteiger charge is 2.29. The van der Waals surface area contributed by atoms with E-state index in [9.17, 15) is 14.0 Å². The van der Waals surface area contributed by atoms with Crippen molar-refractivity contribution in [2.24, 2.45) is 0 Å². The van der Waals surface area contributed by atoms with E-state index in [1.165, 1.54) is 25.1 Å². The minimum Gasteiger partial charge on any atom is -0.367 e. The van der Waals surface area contributed by atoms with Crippen LogP contribution < -0.4 is 10.6 Å². The summed E-state index contributed by atoms with van der Waals surface area (Å²) in [5, 5.41) is 5.16.